The summed E-state index contributed by atoms with van der Waals surface area (Å²) in [6.45, 7) is 4.63. The number of para-hydroxylation sites is 1. The van der Waals surface area contributed by atoms with Crippen LogP contribution in [0.5, 0.6) is 5.75 Å². The number of aryl methyl sites for hydroxylation is 2. The van der Waals surface area contributed by atoms with E-state index in [1.807, 2.05) is 36.4 Å². The Morgan fingerprint density at radius 2 is 1.89 bits per heavy atom. The van der Waals surface area contributed by atoms with Gasteiger partial charge in [-0.25, -0.2) is 0 Å². The smallest absolute Gasteiger partial charge is 0.269 e. The van der Waals surface area contributed by atoms with E-state index in [2.05, 4.69) is 41.6 Å². The molecule has 0 aliphatic carbocycles. The van der Waals surface area contributed by atoms with E-state index in [1.165, 1.54) is 5.56 Å². The molecule has 3 aromatic rings. The summed E-state index contributed by atoms with van der Waals surface area (Å²) in [6.07, 6.45) is 2.33. The van der Waals surface area contributed by atoms with Crippen molar-refractivity contribution in [3.8, 4) is 5.75 Å². The van der Waals surface area contributed by atoms with E-state index in [9.17, 15) is 4.79 Å². The molecule has 5 heteroatoms. The summed E-state index contributed by atoms with van der Waals surface area (Å²) in [5, 5.41) is 6.28. The third-order valence-electron chi connectivity index (χ3n) is 4.53. The monoisotopic (exact) mass is 375 g/mol. The van der Waals surface area contributed by atoms with Crippen molar-refractivity contribution in [1.82, 2.24) is 10.3 Å². The minimum atomic E-state index is -0.195. The van der Waals surface area contributed by atoms with Crippen LogP contribution in [0, 0.1) is 13.8 Å². The Hall–Kier alpha value is -3.34. The number of ether oxygens (including phenoxy) is 1. The fourth-order valence-corrected chi connectivity index (χ4v) is 3.05. The van der Waals surface area contributed by atoms with Gasteiger partial charge in [0, 0.05) is 24.1 Å². The maximum Gasteiger partial charge on any atom is 0.269 e. The third-order valence-corrected chi connectivity index (χ3v) is 4.53. The molecule has 5 nitrogen and oxygen atoms in total. The Morgan fingerprint density at radius 1 is 1.07 bits per heavy atom. The van der Waals surface area contributed by atoms with Crippen molar-refractivity contribution in [3.63, 3.8) is 0 Å². The number of pyridine rings is 1. The molecule has 0 radical (unpaired) electrons. The van der Waals surface area contributed by atoms with E-state index in [-0.39, 0.29) is 5.91 Å². The van der Waals surface area contributed by atoms with Crippen LogP contribution in [-0.4, -0.2) is 24.5 Å². The van der Waals surface area contributed by atoms with Crippen molar-refractivity contribution < 1.29 is 9.53 Å². The van der Waals surface area contributed by atoms with E-state index in [0.29, 0.717) is 18.7 Å². The van der Waals surface area contributed by atoms with Crippen molar-refractivity contribution in [1.29, 1.82) is 0 Å². The average molecular weight is 375 g/mol. The Bertz CT molecular complexity index is 970. The second-order valence-corrected chi connectivity index (χ2v) is 6.69. The van der Waals surface area contributed by atoms with Crippen molar-refractivity contribution in [2.24, 2.45) is 0 Å². The fourth-order valence-electron chi connectivity index (χ4n) is 3.05. The van der Waals surface area contributed by atoms with E-state index in [1.54, 1.807) is 19.4 Å². The van der Waals surface area contributed by atoms with Gasteiger partial charge >= 0.3 is 0 Å². The lowest BCUT2D eigenvalue weighted by atomic mass is 10.1. The first-order valence-corrected chi connectivity index (χ1v) is 9.27. The Kier molecular flexibility index (Phi) is 6.27. The lowest BCUT2D eigenvalue weighted by molar-refractivity contribution is 0.0949. The largest absolute Gasteiger partial charge is 0.496 e. The number of carbonyl (C=O) groups excluding carboxylic acids is 1. The predicted octanol–water partition coefficient (Wildman–Crippen LogP) is 4.42. The summed E-state index contributed by atoms with van der Waals surface area (Å²) < 4.78 is 5.34. The van der Waals surface area contributed by atoms with Gasteiger partial charge < -0.3 is 15.4 Å². The van der Waals surface area contributed by atoms with Crippen LogP contribution in [0.25, 0.3) is 0 Å². The molecule has 0 unspecified atom stereocenters. The van der Waals surface area contributed by atoms with Gasteiger partial charge in [-0.3, -0.25) is 9.78 Å². The quantitative estimate of drug-likeness (QED) is 0.641. The highest BCUT2D eigenvalue weighted by molar-refractivity contribution is 5.93. The van der Waals surface area contributed by atoms with E-state index in [4.69, 9.17) is 4.74 Å². The zero-order valence-corrected chi connectivity index (χ0v) is 16.5. The number of amides is 1. The van der Waals surface area contributed by atoms with Crippen LogP contribution in [0.15, 0.2) is 60.8 Å². The Balaban J connectivity index is 1.62. The average Bonchev–Trinajstić information content (AvgIpc) is 2.70. The summed E-state index contributed by atoms with van der Waals surface area (Å²) in [4.78, 5) is 16.7. The molecule has 0 atom stereocenters. The van der Waals surface area contributed by atoms with Crippen LogP contribution in [0.2, 0.25) is 0 Å². The molecule has 144 valence electrons. The molecule has 0 aliphatic heterocycles. The highest BCUT2D eigenvalue weighted by Gasteiger charge is 2.09. The van der Waals surface area contributed by atoms with Crippen LogP contribution < -0.4 is 15.4 Å². The van der Waals surface area contributed by atoms with E-state index in [0.717, 1.165) is 28.3 Å². The number of nitrogens with one attached hydrogen (secondary N) is 2. The SMILES string of the molecule is COc1ccccc1CCNC(=O)c1cc(Nc2ccc(C)cc2C)ccn1. The second-order valence-electron chi connectivity index (χ2n) is 6.69. The van der Waals surface area contributed by atoms with Crippen LogP contribution in [-0.2, 0) is 6.42 Å². The molecule has 28 heavy (non-hydrogen) atoms. The van der Waals surface area contributed by atoms with Crippen LogP contribution >= 0.6 is 0 Å². The van der Waals surface area contributed by atoms with Crippen molar-refractivity contribution in [3.05, 3.63) is 83.2 Å². The van der Waals surface area contributed by atoms with Gasteiger partial charge in [-0.15, -0.1) is 0 Å². The number of carbonyl (C=O) groups is 1. The summed E-state index contributed by atoms with van der Waals surface area (Å²) in [5.41, 5.74) is 5.65. The lowest BCUT2D eigenvalue weighted by Crippen LogP contribution is -2.26. The summed E-state index contributed by atoms with van der Waals surface area (Å²) in [7, 11) is 1.65. The first kappa shape index (κ1) is 19.4. The molecule has 0 bridgehead atoms. The van der Waals surface area contributed by atoms with Crippen molar-refractivity contribution >= 4 is 17.3 Å². The highest BCUT2D eigenvalue weighted by Crippen LogP contribution is 2.22. The number of methoxy groups -OCH3 is 1. The minimum Gasteiger partial charge on any atom is -0.496 e. The molecule has 1 amide bonds. The zero-order chi connectivity index (χ0) is 19.9. The molecule has 0 fully saturated rings. The molecule has 0 aliphatic rings. The maximum atomic E-state index is 12.5. The molecule has 2 aromatic carbocycles. The van der Waals surface area contributed by atoms with Gasteiger partial charge in [-0.05, 0) is 55.7 Å². The molecule has 0 saturated heterocycles. The Morgan fingerprint density at radius 3 is 2.68 bits per heavy atom. The number of hydrogen-bond donors (Lipinski definition) is 2. The van der Waals surface area contributed by atoms with Gasteiger partial charge in [0.05, 0.1) is 7.11 Å². The standard InChI is InChI=1S/C23H25N3O2/c1-16-8-9-20(17(2)14-16)26-19-11-13-24-21(15-19)23(27)25-12-10-18-6-4-5-7-22(18)28-3/h4-9,11,13-15H,10,12H2,1-3H3,(H,24,26)(H,25,27). The molecular formula is C23H25N3O2. The van der Waals surface area contributed by atoms with Crippen LogP contribution in [0.3, 0.4) is 0 Å². The van der Waals surface area contributed by atoms with Crippen molar-refractivity contribution in [2.75, 3.05) is 19.0 Å². The second kappa shape index (κ2) is 9.04. The van der Waals surface area contributed by atoms with Gasteiger partial charge in [0.25, 0.3) is 5.91 Å². The first-order valence-electron chi connectivity index (χ1n) is 9.27. The molecule has 3 rings (SSSR count). The van der Waals surface area contributed by atoms with Gasteiger partial charge in [-0.1, -0.05) is 35.9 Å². The van der Waals surface area contributed by atoms with Gasteiger partial charge in [0.2, 0.25) is 0 Å². The van der Waals surface area contributed by atoms with E-state index < -0.39 is 0 Å². The topological polar surface area (TPSA) is 63.2 Å². The van der Waals surface area contributed by atoms with Crippen LogP contribution in [0.1, 0.15) is 27.2 Å². The normalized spacial score (nSPS) is 10.4. The fraction of sp³-hybridized carbons (Fsp3) is 0.217. The van der Waals surface area contributed by atoms with Crippen LogP contribution in [0.4, 0.5) is 11.4 Å². The molecule has 0 saturated carbocycles. The summed E-state index contributed by atoms with van der Waals surface area (Å²) >= 11 is 0. The number of benzene rings is 2. The van der Waals surface area contributed by atoms with Gasteiger partial charge in [-0.2, -0.15) is 0 Å². The zero-order valence-electron chi connectivity index (χ0n) is 16.5. The predicted molar refractivity (Wildman–Crippen MR) is 112 cm³/mol. The molecule has 0 spiro atoms. The number of anilines is 2. The third kappa shape index (κ3) is 4.88. The molecule has 2 N–H and O–H groups in total. The number of aromatic nitrogens is 1. The molecular weight excluding hydrogens is 350 g/mol. The summed E-state index contributed by atoms with van der Waals surface area (Å²) in [5.74, 6) is 0.633. The number of nitrogens with zero attached hydrogens (tertiary/aromatic N) is 1. The number of rotatable bonds is 7. The number of hydrogen-bond acceptors (Lipinski definition) is 4. The maximum absolute atomic E-state index is 12.5. The minimum absolute atomic E-state index is 0.195. The van der Waals surface area contributed by atoms with E-state index >= 15 is 0 Å². The first-order chi connectivity index (χ1) is 13.6. The van der Waals surface area contributed by atoms with Gasteiger partial charge in [0.1, 0.15) is 11.4 Å². The molecule has 1 aromatic heterocycles. The molecule has 1 heterocycles. The van der Waals surface area contributed by atoms with Gasteiger partial charge in [0.15, 0.2) is 0 Å². The highest BCUT2D eigenvalue weighted by atomic mass is 16.5. The Labute approximate surface area is 165 Å². The summed E-state index contributed by atoms with van der Waals surface area (Å²) in [6, 6.07) is 17.6. The lowest BCUT2D eigenvalue weighted by Gasteiger charge is -2.12. The van der Waals surface area contributed by atoms with Crippen molar-refractivity contribution in [2.45, 2.75) is 20.3 Å².